The standard InChI is InChI=1S/C19H21N3O3S/c1-14-4-6-16(7-5-14)26(24,25)22-10-8-19(13-22)11-17(19)18(23)21-15-3-2-9-20-12-15/h2-7,9,12,17H,8,10-11,13H2,1H3,(H,21,23)/t17-,19+/m1/s1. The summed E-state index contributed by atoms with van der Waals surface area (Å²) in [6.45, 7) is 2.80. The predicted molar refractivity (Wildman–Crippen MR) is 98.0 cm³/mol. The summed E-state index contributed by atoms with van der Waals surface area (Å²) in [5.74, 6) is -0.187. The third-order valence-electron chi connectivity index (χ3n) is 5.44. The zero-order chi connectivity index (χ0) is 18.4. The number of benzene rings is 1. The number of hydrogen-bond acceptors (Lipinski definition) is 4. The van der Waals surface area contributed by atoms with Crippen LogP contribution in [0.2, 0.25) is 0 Å². The van der Waals surface area contributed by atoms with Gasteiger partial charge in [-0.2, -0.15) is 4.31 Å². The molecular weight excluding hydrogens is 350 g/mol. The minimum absolute atomic E-state index is 0.0485. The third-order valence-corrected chi connectivity index (χ3v) is 7.30. The largest absolute Gasteiger partial charge is 0.324 e. The quantitative estimate of drug-likeness (QED) is 0.895. The Morgan fingerprint density at radius 2 is 2.04 bits per heavy atom. The normalized spacial score (nSPS) is 25.3. The summed E-state index contributed by atoms with van der Waals surface area (Å²) in [6, 6.07) is 10.5. The smallest absolute Gasteiger partial charge is 0.243 e. The first kappa shape index (κ1) is 17.2. The number of sulfonamides is 1. The molecular formula is C19H21N3O3S. The molecule has 1 N–H and O–H groups in total. The summed E-state index contributed by atoms with van der Waals surface area (Å²) < 4.78 is 27.2. The van der Waals surface area contributed by atoms with Crippen LogP contribution in [0.4, 0.5) is 5.69 Å². The third kappa shape index (κ3) is 3.01. The number of carbonyl (C=O) groups is 1. The average Bonchev–Trinajstić information content (AvgIpc) is 3.15. The summed E-state index contributed by atoms with van der Waals surface area (Å²) in [7, 11) is -3.50. The van der Waals surface area contributed by atoms with Crippen molar-refractivity contribution in [1.29, 1.82) is 0 Å². The molecule has 1 aliphatic carbocycles. The van der Waals surface area contributed by atoms with Crippen molar-refractivity contribution in [2.45, 2.75) is 24.7 Å². The number of carbonyl (C=O) groups excluding carboxylic acids is 1. The fourth-order valence-electron chi connectivity index (χ4n) is 3.76. The van der Waals surface area contributed by atoms with Crippen molar-refractivity contribution in [3.8, 4) is 0 Å². The summed E-state index contributed by atoms with van der Waals surface area (Å²) in [4.78, 5) is 16.8. The molecule has 1 spiro atoms. The molecule has 1 aromatic heterocycles. The number of hydrogen-bond donors (Lipinski definition) is 1. The van der Waals surface area contributed by atoms with Gasteiger partial charge in [-0.25, -0.2) is 8.42 Å². The fraction of sp³-hybridized carbons (Fsp3) is 0.368. The first-order chi connectivity index (χ1) is 12.4. The maximum atomic E-state index is 12.8. The minimum Gasteiger partial charge on any atom is -0.324 e. The Balaban J connectivity index is 1.44. The van der Waals surface area contributed by atoms with Gasteiger partial charge in [0, 0.05) is 25.2 Å². The van der Waals surface area contributed by atoms with Gasteiger partial charge in [0.1, 0.15) is 0 Å². The van der Waals surface area contributed by atoms with E-state index in [4.69, 9.17) is 0 Å². The summed E-state index contributed by atoms with van der Waals surface area (Å²) in [6.07, 6.45) is 4.72. The lowest BCUT2D eigenvalue weighted by Crippen LogP contribution is -2.30. The molecule has 1 aliphatic heterocycles. The maximum absolute atomic E-state index is 12.8. The van der Waals surface area contributed by atoms with Crippen molar-refractivity contribution < 1.29 is 13.2 Å². The minimum atomic E-state index is -3.50. The molecule has 2 fully saturated rings. The molecule has 4 rings (SSSR count). The first-order valence-corrected chi connectivity index (χ1v) is 10.1. The van der Waals surface area contributed by atoms with E-state index in [0.717, 1.165) is 18.4 Å². The Morgan fingerprint density at radius 1 is 1.27 bits per heavy atom. The topological polar surface area (TPSA) is 79.4 Å². The van der Waals surface area contributed by atoms with Gasteiger partial charge in [0.15, 0.2) is 0 Å². The molecule has 2 aliphatic rings. The number of aromatic nitrogens is 1. The van der Waals surface area contributed by atoms with Crippen LogP contribution in [-0.2, 0) is 14.8 Å². The van der Waals surface area contributed by atoms with E-state index in [1.54, 1.807) is 48.8 Å². The van der Waals surface area contributed by atoms with E-state index in [-0.39, 0.29) is 17.2 Å². The van der Waals surface area contributed by atoms with Gasteiger partial charge in [-0.05, 0) is 49.4 Å². The molecule has 1 aromatic carbocycles. The molecule has 0 radical (unpaired) electrons. The van der Waals surface area contributed by atoms with Crippen molar-refractivity contribution >= 4 is 21.6 Å². The Kier molecular flexibility index (Phi) is 4.08. The van der Waals surface area contributed by atoms with Crippen LogP contribution in [0.5, 0.6) is 0 Å². The van der Waals surface area contributed by atoms with E-state index in [2.05, 4.69) is 10.3 Å². The van der Waals surface area contributed by atoms with E-state index in [1.165, 1.54) is 4.31 Å². The fourth-order valence-corrected chi connectivity index (χ4v) is 5.29. The van der Waals surface area contributed by atoms with Crippen LogP contribution >= 0.6 is 0 Å². The molecule has 2 heterocycles. The molecule has 0 unspecified atom stereocenters. The van der Waals surface area contributed by atoms with Crippen LogP contribution in [0.3, 0.4) is 0 Å². The Hall–Kier alpha value is -2.25. The maximum Gasteiger partial charge on any atom is 0.243 e. The highest BCUT2D eigenvalue weighted by Gasteiger charge is 2.62. The highest BCUT2D eigenvalue weighted by Crippen LogP contribution is 2.59. The van der Waals surface area contributed by atoms with E-state index < -0.39 is 10.0 Å². The van der Waals surface area contributed by atoms with Gasteiger partial charge in [-0.3, -0.25) is 9.78 Å². The summed E-state index contributed by atoms with van der Waals surface area (Å²) in [5.41, 5.74) is 1.47. The van der Waals surface area contributed by atoms with E-state index in [1.807, 2.05) is 6.92 Å². The van der Waals surface area contributed by atoms with Gasteiger partial charge in [0.05, 0.1) is 16.8 Å². The average molecular weight is 371 g/mol. The van der Waals surface area contributed by atoms with Gasteiger partial charge < -0.3 is 5.32 Å². The van der Waals surface area contributed by atoms with Crippen molar-refractivity contribution in [3.05, 3.63) is 54.4 Å². The van der Waals surface area contributed by atoms with Crippen LogP contribution in [-0.4, -0.2) is 36.7 Å². The van der Waals surface area contributed by atoms with Crippen LogP contribution in [0.15, 0.2) is 53.7 Å². The zero-order valence-corrected chi connectivity index (χ0v) is 15.4. The molecule has 2 atom stereocenters. The second kappa shape index (κ2) is 6.17. The summed E-state index contributed by atoms with van der Waals surface area (Å²) >= 11 is 0. The van der Waals surface area contributed by atoms with Crippen LogP contribution in [0.1, 0.15) is 18.4 Å². The van der Waals surface area contributed by atoms with Gasteiger partial charge >= 0.3 is 0 Å². The van der Waals surface area contributed by atoms with E-state index in [0.29, 0.717) is 23.7 Å². The Morgan fingerprint density at radius 3 is 2.73 bits per heavy atom. The van der Waals surface area contributed by atoms with Crippen molar-refractivity contribution in [2.24, 2.45) is 11.3 Å². The predicted octanol–water partition coefficient (Wildman–Crippen LogP) is 2.43. The number of nitrogens with zero attached hydrogens (tertiary/aromatic N) is 2. The van der Waals surface area contributed by atoms with E-state index in [9.17, 15) is 13.2 Å². The molecule has 7 heteroatoms. The van der Waals surface area contributed by atoms with Gasteiger partial charge in [-0.15, -0.1) is 0 Å². The number of amides is 1. The van der Waals surface area contributed by atoms with Crippen molar-refractivity contribution in [1.82, 2.24) is 9.29 Å². The summed E-state index contributed by atoms with van der Waals surface area (Å²) in [5, 5.41) is 2.88. The van der Waals surface area contributed by atoms with Crippen LogP contribution in [0.25, 0.3) is 0 Å². The second-order valence-electron chi connectivity index (χ2n) is 7.25. The number of anilines is 1. The molecule has 1 amide bonds. The molecule has 2 aromatic rings. The second-order valence-corrected chi connectivity index (χ2v) is 9.19. The van der Waals surface area contributed by atoms with Gasteiger partial charge in [0.2, 0.25) is 15.9 Å². The molecule has 136 valence electrons. The molecule has 1 saturated heterocycles. The van der Waals surface area contributed by atoms with Crippen molar-refractivity contribution in [3.63, 3.8) is 0 Å². The lowest BCUT2D eigenvalue weighted by atomic mass is 10.0. The number of aryl methyl sites for hydroxylation is 1. The number of nitrogens with one attached hydrogen (secondary N) is 1. The van der Waals surface area contributed by atoms with Crippen LogP contribution < -0.4 is 5.32 Å². The first-order valence-electron chi connectivity index (χ1n) is 8.68. The SMILES string of the molecule is Cc1ccc(S(=O)(=O)N2CC[C@]3(C[C@@H]3C(=O)Nc3cccnc3)C2)cc1. The van der Waals surface area contributed by atoms with Gasteiger partial charge in [-0.1, -0.05) is 17.7 Å². The molecule has 26 heavy (non-hydrogen) atoms. The Labute approximate surface area is 153 Å². The molecule has 6 nitrogen and oxygen atoms in total. The zero-order valence-electron chi connectivity index (χ0n) is 14.6. The molecule has 1 saturated carbocycles. The lowest BCUT2D eigenvalue weighted by Gasteiger charge is -2.17. The number of pyridine rings is 1. The monoisotopic (exact) mass is 371 g/mol. The Bertz CT molecular complexity index is 928. The number of rotatable bonds is 4. The highest BCUT2D eigenvalue weighted by atomic mass is 32.2. The van der Waals surface area contributed by atoms with Crippen LogP contribution in [0, 0.1) is 18.3 Å². The van der Waals surface area contributed by atoms with Gasteiger partial charge in [0.25, 0.3) is 0 Å². The van der Waals surface area contributed by atoms with Crippen molar-refractivity contribution in [2.75, 3.05) is 18.4 Å². The lowest BCUT2D eigenvalue weighted by molar-refractivity contribution is -0.118. The molecule has 0 bridgehead atoms. The van der Waals surface area contributed by atoms with E-state index >= 15 is 0 Å². The highest BCUT2D eigenvalue weighted by molar-refractivity contribution is 7.89.